The third-order valence-electron chi connectivity index (χ3n) is 1.63. The molecule has 0 aliphatic carbocycles. The van der Waals surface area contributed by atoms with Crippen LogP contribution in [0.4, 0.5) is 10.1 Å². The fourth-order valence-electron chi connectivity index (χ4n) is 1.10. The van der Waals surface area contributed by atoms with Crippen molar-refractivity contribution in [3.8, 4) is 5.75 Å². The second kappa shape index (κ2) is 4.12. The van der Waals surface area contributed by atoms with E-state index in [1.165, 1.54) is 13.2 Å². The maximum Gasteiger partial charge on any atom is 0.150 e. The molecule has 0 saturated carbocycles. The van der Waals surface area contributed by atoms with Crippen molar-refractivity contribution < 1.29 is 9.13 Å². The van der Waals surface area contributed by atoms with Crippen LogP contribution in [-0.4, -0.2) is 13.2 Å². The number of para-hydroxylation sites is 1. The van der Waals surface area contributed by atoms with E-state index in [9.17, 15) is 4.39 Å². The molecule has 1 aromatic carbocycles. The molecule has 0 amide bonds. The molecule has 0 aromatic heterocycles. The lowest BCUT2D eigenvalue weighted by Crippen LogP contribution is -2.12. The van der Waals surface area contributed by atoms with Gasteiger partial charge in [-0.25, -0.2) is 4.39 Å². The van der Waals surface area contributed by atoms with E-state index in [-0.39, 0.29) is 11.9 Å². The summed E-state index contributed by atoms with van der Waals surface area (Å²) >= 11 is 0. The van der Waals surface area contributed by atoms with Gasteiger partial charge < -0.3 is 10.1 Å². The molecular weight excluding hydrogens is 169 g/mol. The van der Waals surface area contributed by atoms with Crippen LogP contribution in [0.15, 0.2) is 18.2 Å². The number of methoxy groups -OCH3 is 1. The molecule has 0 spiro atoms. The second-order valence-corrected chi connectivity index (χ2v) is 3.12. The molecule has 0 heterocycles. The highest BCUT2D eigenvalue weighted by Crippen LogP contribution is 2.27. The number of halogens is 1. The number of rotatable bonds is 3. The van der Waals surface area contributed by atoms with Crippen molar-refractivity contribution in [1.29, 1.82) is 0 Å². The molecule has 0 aliphatic heterocycles. The van der Waals surface area contributed by atoms with Gasteiger partial charge in [0, 0.05) is 6.04 Å². The molecule has 0 bridgehead atoms. The Balaban J connectivity index is 3.00. The number of ether oxygens (including phenoxy) is 1. The van der Waals surface area contributed by atoms with Crippen molar-refractivity contribution in [2.45, 2.75) is 19.9 Å². The van der Waals surface area contributed by atoms with Crippen molar-refractivity contribution in [2.24, 2.45) is 0 Å². The Labute approximate surface area is 77.7 Å². The minimum atomic E-state index is -0.284. The molecule has 3 heteroatoms. The highest BCUT2D eigenvalue weighted by molar-refractivity contribution is 5.57. The molecule has 0 radical (unpaired) electrons. The van der Waals surface area contributed by atoms with Crippen LogP contribution in [0.2, 0.25) is 0 Å². The second-order valence-electron chi connectivity index (χ2n) is 3.12. The first-order valence-corrected chi connectivity index (χ1v) is 4.24. The highest BCUT2D eigenvalue weighted by atomic mass is 19.1. The fraction of sp³-hybridized carbons (Fsp3) is 0.400. The Morgan fingerprint density at radius 1 is 1.38 bits per heavy atom. The average molecular weight is 183 g/mol. The summed E-state index contributed by atoms with van der Waals surface area (Å²) in [5.74, 6) is 0.252. The van der Waals surface area contributed by atoms with Gasteiger partial charge >= 0.3 is 0 Å². The van der Waals surface area contributed by atoms with Gasteiger partial charge in [-0.15, -0.1) is 0 Å². The maximum atomic E-state index is 13.3. The van der Waals surface area contributed by atoms with E-state index in [4.69, 9.17) is 4.74 Å². The van der Waals surface area contributed by atoms with E-state index < -0.39 is 0 Å². The number of nitrogens with one attached hydrogen (secondary N) is 1. The molecule has 72 valence electrons. The van der Waals surface area contributed by atoms with Crippen LogP contribution in [0.25, 0.3) is 0 Å². The summed E-state index contributed by atoms with van der Waals surface area (Å²) in [5.41, 5.74) is 0.431. The molecular formula is C10H14FNO. The molecule has 0 unspecified atom stereocenters. The largest absolute Gasteiger partial charge is 0.494 e. The zero-order chi connectivity index (χ0) is 9.84. The van der Waals surface area contributed by atoms with Crippen molar-refractivity contribution in [1.82, 2.24) is 0 Å². The van der Waals surface area contributed by atoms with E-state index >= 15 is 0 Å². The monoisotopic (exact) mass is 183 g/mol. The lowest BCUT2D eigenvalue weighted by Gasteiger charge is -2.14. The molecule has 0 aliphatic rings. The topological polar surface area (TPSA) is 21.3 Å². The van der Waals surface area contributed by atoms with Crippen molar-refractivity contribution >= 4 is 5.69 Å². The standard InChI is InChI=1S/C10H14FNO/c1-7(2)12-10-8(11)5-4-6-9(10)13-3/h4-7,12H,1-3H3. The summed E-state index contributed by atoms with van der Waals surface area (Å²) in [6.07, 6.45) is 0. The van der Waals surface area contributed by atoms with Gasteiger partial charge in [0.25, 0.3) is 0 Å². The molecule has 1 rings (SSSR count). The quantitative estimate of drug-likeness (QED) is 0.777. The summed E-state index contributed by atoms with van der Waals surface area (Å²) in [6, 6.07) is 4.95. The maximum absolute atomic E-state index is 13.3. The van der Waals surface area contributed by atoms with E-state index in [1.54, 1.807) is 12.1 Å². The Morgan fingerprint density at radius 3 is 2.62 bits per heavy atom. The van der Waals surface area contributed by atoms with Crippen LogP contribution in [0.1, 0.15) is 13.8 Å². The number of hydrogen-bond donors (Lipinski definition) is 1. The van der Waals surface area contributed by atoms with Crippen molar-refractivity contribution in [3.05, 3.63) is 24.0 Å². The minimum Gasteiger partial charge on any atom is -0.494 e. The lowest BCUT2D eigenvalue weighted by molar-refractivity contribution is 0.413. The van der Waals surface area contributed by atoms with Crippen LogP contribution in [0.5, 0.6) is 5.75 Å². The summed E-state index contributed by atoms with van der Waals surface area (Å²) in [4.78, 5) is 0. The molecule has 2 nitrogen and oxygen atoms in total. The number of anilines is 1. The predicted molar refractivity (Wildman–Crippen MR) is 51.7 cm³/mol. The molecule has 1 aromatic rings. The first kappa shape index (κ1) is 9.84. The third kappa shape index (κ3) is 2.34. The Morgan fingerprint density at radius 2 is 2.08 bits per heavy atom. The van der Waals surface area contributed by atoms with E-state index in [0.717, 1.165) is 0 Å². The number of benzene rings is 1. The fourth-order valence-corrected chi connectivity index (χ4v) is 1.10. The van der Waals surface area contributed by atoms with Gasteiger partial charge in [0.2, 0.25) is 0 Å². The summed E-state index contributed by atoms with van der Waals surface area (Å²) in [7, 11) is 1.53. The first-order valence-electron chi connectivity index (χ1n) is 4.24. The Kier molecular flexibility index (Phi) is 3.12. The molecule has 0 saturated heterocycles. The zero-order valence-corrected chi connectivity index (χ0v) is 8.10. The van der Waals surface area contributed by atoms with Gasteiger partial charge in [-0.3, -0.25) is 0 Å². The van der Waals surface area contributed by atoms with Gasteiger partial charge in [-0.1, -0.05) is 6.07 Å². The Bertz CT molecular complexity index is 286. The van der Waals surface area contributed by atoms with Gasteiger partial charge in [0.1, 0.15) is 17.3 Å². The average Bonchev–Trinajstić information content (AvgIpc) is 2.08. The van der Waals surface area contributed by atoms with Gasteiger partial charge in [0.05, 0.1) is 7.11 Å². The van der Waals surface area contributed by atoms with E-state index in [1.807, 2.05) is 13.8 Å². The van der Waals surface area contributed by atoms with Crippen LogP contribution in [0, 0.1) is 5.82 Å². The first-order chi connectivity index (χ1) is 6.15. The van der Waals surface area contributed by atoms with Gasteiger partial charge in [-0.05, 0) is 26.0 Å². The van der Waals surface area contributed by atoms with E-state index in [0.29, 0.717) is 11.4 Å². The van der Waals surface area contributed by atoms with Crippen LogP contribution in [0.3, 0.4) is 0 Å². The highest BCUT2D eigenvalue weighted by Gasteiger charge is 2.08. The zero-order valence-electron chi connectivity index (χ0n) is 8.10. The van der Waals surface area contributed by atoms with Crippen LogP contribution in [-0.2, 0) is 0 Å². The van der Waals surface area contributed by atoms with Crippen molar-refractivity contribution in [2.75, 3.05) is 12.4 Å². The van der Waals surface area contributed by atoms with E-state index in [2.05, 4.69) is 5.32 Å². The summed E-state index contributed by atoms with van der Waals surface area (Å²) in [5, 5.41) is 2.99. The van der Waals surface area contributed by atoms with Gasteiger partial charge in [0.15, 0.2) is 0 Å². The lowest BCUT2D eigenvalue weighted by atomic mass is 10.2. The number of hydrogen-bond acceptors (Lipinski definition) is 2. The van der Waals surface area contributed by atoms with Crippen molar-refractivity contribution in [3.63, 3.8) is 0 Å². The Hall–Kier alpha value is -1.25. The molecule has 13 heavy (non-hydrogen) atoms. The third-order valence-corrected chi connectivity index (χ3v) is 1.63. The van der Waals surface area contributed by atoms with Gasteiger partial charge in [-0.2, -0.15) is 0 Å². The molecule has 1 N–H and O–H groups in total. The SMILES string of the molecule is COc1cccc(F)c1NC(C)C. The smallest absolute Gasteiger partial charge is 0.150 e. The van der Waals surface area contributed by atoms with Crippen LogP contribution >= 0.6 is 0 Å². The summed E-state index contributed by atoms with van der Waals surface area (Å²) < 4.78 is 18.3. The minimum absolute atomic E-state index is 0.186. The summed E-state index contributed by atoms with van der Waals surface area (Å²) in [6.45, 7) is 3.90. The molecule has 0 fully saturated rings. The van der Waals surface area contributed by atoms with Crippen LogP contribution < -0.4 is 10.1 Å². The normalized spacial score (nSPS) is 10.2. The molecule has 0 atom stereocenters. The predicted octanol–water partition coefficient (Wildman–Crippen LogP) is 2.65.